The van der Waals surface area contributed by atoms with E-state index < -0.39 is 0 Å². The molecule has 3 aliphatic heterocycles. The lowest BCUT2D eigenvalue weighted by Crippen LogP contribution is -2.41. The van der Waals surface area contributed by atoms with Crippen LogP contribution < -0.4 is 14.8 Å². The molecular weight excluding hydrogens is 330 g/mol. The van der Waals surface area contributed by atoms with Crippen molar-refractivity contribution in [1.82, 2.24) is 10.2 Å². The molecule has 1 aromatic rings. The molecule has 0 aliphatic carbocycles. The van der Waals surface area contributed by atoms with Crippen molar-refractivity contribution in [1.29, 1.82) is 0 Å². The second-order valence-electron chi connectivity index (χ2n) is 7.48. The van der Waals surface area contributed by atoms with E-state index in [0.717, 1.165) is 68.9 Å². The van der Waals surface area contributed by atoms with Gasteiger partial charge in [0, 0.05) is 38.1 Å². The molecule has 1 N–H and O–H groups in total. The van der Waals surface area contributed by atoms with Crippen molar-refractivity contribution in [2.45, 2.75) is 32.7 Å². The average Bonchev–Trinajstić information content (AvgIpc) is 3.22. The van der Waals surface area contributed by atoms with Crippen LogP contribution in [0.4, 0.5) is 0 Å². The first-order chi connectivity index (χ1) is 12.8. The zero-order valence-electron chi connectivity index (χ0n) is 15.6. The molecule has 0 radical (unpaired) electrons. The molecule has 1 spiro atoms. The number of fused-ring (bicyclic) bond motifs is 1. The van der Waals surface area contributed by atoms with Gasteiger partial charge in [0.25, 0.3) is 0 Å². The molecule has 142 valence electrons. The largest absolute Gasteiger partial charge is 0.490 e. The molecule has 0 saturated carbocycles. The lowest BCUT2D eigenvalue weighted by atomic mass is 9.87. The molecule has 3 heterocycles. The van der Waals surface area contributed by atoms with Crippen molar-refractivity contribution in [3.05, 3.63) is 23.8 Å². The van der Waals surface area contributed by atoms with Crippen LogP contribution in [0.15, 0.2) is 23.2 Å². The predicted molar refractivity (Wildman–Crippen MR) is 101 cm³/mol. The van der Waals surface area contributed by atoms with Crippen molar-refractivity contribution in [2.75, 3.05) is 46.1 Å². The summed E-state index contributed by atoms with van der Waals surface area (Å²) in [5, 5.41) is 3.45. The fourth-order valence-corrected chi connectivity index (χ4v) is 3.99. The van der Waals surface area contributed by atoms with E-state index in [-0.39, 0.29) is 0 Å². The molecule has 6 nitrogen and oxygen atoms in total. The summed E-state index contributed by atoms with van der Waals surface area (Å²) in [6.45, 7) is 8.95. The molecule has 1 unspecified atom stereocenters. The van der Waals surface area contributed by atoms with Gasteiger partial charge in [-0.3, -0.25) is 0 Å². The summed E-state index contributed by atoms with van der Waals surface area (Å²) < 4.78 is 17.2. The van der Waals surface area contributed by atoms with Gasteiger partial charge < -0.3 is 24.4 Å². The number of nitrogens with zero attached hydrogens (tertiary/aromatic N) is 2. The van der Waals surface area contributed by atoms with Gasteiger partial charge in [0.1, 0.15) is 0 Å². The van der Waals surface area contributed by atoms with Crippen LogP contribution in [0.25, 0.3) is 0 Å². The Balaban J connectivity index is 1.45. The van der Waals surface area contributed by atoms with Gasteiger partial charge in [0.05, 0.1) is 26.4 Å². The molecule has 3 aliphatic rings. The second-order valence-corrected chi connectivity index (χ2v) is 7.48. The van der Waals surface area contributed by atoms with Crippen LogP contribution in [-0.2, 0) is 11.3 Å². The minimum atomic E-state index is 0.339. The fraction of sp³-hybridized carbons (Fsp3) is 0.650. The number of guanidine groups is 1. The molecule has 1 atom stereocenters. The molecule has 2 saturated heterocycles. The van der Waals surface area contributed by atoms with E-state index in [1.165, 1.54) is 12.8 Å². The smallest absolute Gasteiger partial charge is 0.194 e. The predicted octanol–water partition coefficient (Wildman–Crippen LogP) is 2.43. The van der Waals surface area contributed by atoms with E-state index in [1.54, 1.807) is 0 Å². The Morgan fingerprint density at radius 2 is 2.08 bits per heavy atom. The first-order valence-corrected chi connectivity index (χ1v) is 9.78. The van der Waals surface area contributed by atoms with Crippen molar-refractivity contribution in [2.24, 2.45) is 10.4 Å². The van der Waals surface area contributed by atoms with E-state index in [4.69, 9.17) is 19.2 Å². The summed E-state index contributed by atoms with van der Waals surface area (Å²) in [6.07, 6.45) is 3.29. The zero-order chi connectivity index (χ0) is 17.8. The summed E-state index contributed by atoms with van der Waals surface area (Å²) in [5.41, 5.74) is 1.48. The summed E-state index contributed by atoms with van der Waals surface area (Å²) >= 11 is 0. The summed E-state index contributed by atoms with van der Waals surface area (Å²) in [7, 11) is 0. The van der Waals surface area contributed by atoms with E-state index in [2.05, 4.69) is 29.3 Å². The van der Waals surface area contributed by atoms with Gasteiger partial charge in [-0.15, -0.1) is 0 Å². The Morgan fingerprint density at radius 3 is 2.88 bits per heavy atom. The second kappa shape index (κ2) is 7.74. The maximum atomic E-state index is 5.79. The van der Waals surface area contributed by atoms with Gasteiger partial charge in [-0.25, -0.2) is 4.99 Å². The lowest BCUT2D eigenvalue weighted by Gasteiger charge is -2.25. The quantitative estimate of drug-likeness (QED) is 0.664. The Hall–Kier alpha value is -1.95. The highest BCUT2D eigenvalue weighted by atomic mass is 16.5. The molecule has 1 aromatic carbocycles. The third-order valence-corrected chi connectivity index (χ3v) is 5.48. The highest BCUT2D eigenvalue weighted by Gasteiger charge is 2.42. The number of benzene rings is 1. The van der Waals surface area contributed by atoms with E-state index in [9.17, 15) is 0 Å². The number of aliphatic imine (C=N–C) groups is 1. The SMILES string of the molecule is CCNC(=NCc1ccc2c(c1)OCCCO2)N1CCC2(CCOC2)C1. The average molecular weight is 359 g/mol. The first-order valence-electron chi connectivity index (χ1n) is 9.78. The van der Waals surface area contributed by atoms with E-state index in [1.807, 2.05) is 6.07 Å². The Morgan fingerprint density at radius 1 is 1.19 bits per heavy atom. The molecule has 4 rings (SSSR count). The van der Waals surface area contributed by atoms with Gasteiger partial charge in [0.2, 0.25) is 0 Å². The fourth-order valence-electron chi connectivity index (χ4n) is 3.99. The summed E-state index contributed by atoms with van der Waals surface area (Å²) in [5.74, 6) is 2.68. The first kappa shape index (κ1) is 17.5. The molecule has 0 bridgehead atoms. The maximum absolute atomic E-state index is 5.79. The van der Waals surface area contributed by atoms with Crippen LogP contribution in [0.3, 0.4) is 0 Å². The van der Waals surface area contributed by atoms with Gasteiger partial charge in [-0.2, -0.15) is 0 Å². The Bertz CT molecular complexity index is 656. The van der Waals surface area contributed by atoms with Crippen LogP contribution in [0.1, 0.15) is 31.7 Å². The van der Waals surface area contributed by atoms with Crippen molar-refractivity contribution in [3.8, 4) is 11.5 Å². The van der Waals surface area contributed by atoms with Gasteiger partial charge in [-0.05, 0) is 37.5 Å². The van der Waals surface area contributed by atoms with Crippen LogP contribution in [0, 0.1) is 5.41 Å². The lowest BCUT2D eigenvalue weighted by molar-refractivity contribution is 0.156. The van der Waals surface area contributed by atoms with Crippen molar-refractivity contribution in [3.63, 3.8) is 0 Å². The number of rotatable bonds is 3. The number of likely N-dealkylation sites (tertiary alicyclic amines) is 1. The number of nitrogens with one attached hydrogen (secondary N) is 1. The van der Waals surface area contributed by atoms with Gasteiger partial charge in [0.15, 0.2) is 17.5 Å². The number of hydrogen-bond donors (Lipinski definition) is 1. The number of hydrogen-bond acceptors (Lipinski definition) is 4. The number of ether oxygens (including phenoxy) is 3. The standard InChI is InChI=1S/C20H29N3O3/c1-2-21-19(23-8-6-20(14-23)7-11-24-15-20)22-13-16-4-5-17-18(12-16)26-10-3-9-25-17/h4-5,12H,2-3,6-11,13-15H2,1H3,(H,21,22). The monoisotopic (exact) mass is 359 g/mol. The third-order valence-electron chi connectivity index (χ3n) is 5.48. The zero-order valence-corrected chi connectivity index (χ0v) is 15.6. The van der Waals surface area contributed by atoms with Crippen molar-refractivity contribution < 1.29 is 14.2 Å². The summed E-state index contributed by atoms with van der Waals surface area (Å²) in [6, 6.07) is 6.14. The molecular formula is C20H29N3O3. The van der Waals surface area contributed by atoms with Crippen LogP contribution in [0.2, 0.25) is 0 Å². The van der Waals surface area contributed by atoms with Crippen LogP contribution in [0.5, 0.6) is 11.5 Å². The molecule has 2 fully saturated rings. The molecule has 6 heteroatoms. The van der Waals surface area contributed by atoms with E-state index in [0.29, 0.717) is 18.6 Å². The minimum absolute atomic E-state index is 0.339. The van der Waals surface area contributed by atoms with E-state index >= 15 is 0 Å². The van der Waals surface area contributed by atoms with Crippen molar-refractivity contribution >= 4 is 5.96 Å². The molecule has 0 amide bonds. The highest BCUT2D eigenvalue weighted by molar-refractivity contribution is 5.80. The Kier molecular flexibility index (Phi) is 5.20. The highest BCUT2D eigenvalue weighted by Crippen LogP contribution is 2.38. The Labute approximate surface area is 155 Å². The minimum Gasteiger partial charge on any atom is -0.490 e. The summed E-state index contributed by atoms with van der Waals surface area (Å²) in [4.78, 5) is 7.28. The third kappa shape index (κ3) is 3.75. The van der Waals surface area contributed by atoms with Gasteiger partial charge >= 0.3 is 0 Å². The van der Waals surface area contributed by atoms with Crippen LogP contribution >= 0.6 is 0 Å². The topological polar surface area (TPSA) is 55.3 Å². The maximum Gasteiger partial charge on any atom is 0.194 e. The van der Waals surface area contributed by atoms with Gasteiger partial charge in [-0.1, -0.05) is 6.07 Å². The molecule has 26 heavy (non-hydrogen) atoms. The normalized spacial score (nSPS) is 25.6. The molecule has 0 aromatic heterocycles. The van der Waals surface area contributed by atoms with Crippen LogP contribution in [-0.4, -0.2) is 56.9 Å².